The molecule has 0 saturated carbocycles. The van der Waals surface area contributed by atoms with Gasteiger partial charge in [0, 0.05) is 17.8 Å². The molecule has 0 atom stereocenters. The molecule has 10 nitrogen and oxygen atoms in total. The first-order chi connectivity index (χ1) is 16.8. The minimum absolute atomic E-state index is 0.0877. The molecule has 0 spiro atoms. The molecule has 1 aromatic heterocycles. The van der Waals surface area contributed by atoms with Gasteiger partial charge < -0.3 is 10.1 Å². The summed E-state index contributed by atoms with van der Waals surface area (Å²) in [6.07, 6.45) is 0. The Labute approximate surface area is 203 Å². The number of hydrogen-bond acceptors (Lipinski definition) is 7. The number of aromatic nitrogens is 4. The number of carbonyl (C=O) groups is 1. The Kier molecular flexibility index (Phi) is 7.18. The lowest BCUT2D eigenvalue weighted by Gasteiger charge is -2.09. The summed E-state index contributed by atoms with van der Waals surface area (Å²) in [6, 6.07) is 20.7. The molecule has 11 heteroatoms. The Morgan fingerprint density at radius 1 is 0.971 bits per heavy atom. The van der Waals surface area contributed by atoms with Crippen LogP contribution in [0.5, 0.6) is 5.75 Å². The predicted octanol–water partition coefficient (Wildman–Crippen LogP) is 2.77. The molecule has 0 aliphatic rings. The number of carbonyl (C=O) groups excluding carboxylic acids is 1. The lowest BCUT2D eigenvalue weighted by molar-refractivity contribution is -0.117. The van der Waals surface area contributed by atoms with E-state index in [9.17, 15) is 13.2 Å². The average molecular weight is 493 g/mol. The highest BCUT2D eigenvalue weighted by atomic mass is 32.2. The number of nitrogens with one attached hydrogen (secondary N) is 2. The molecule has 35 heavy (non-hydrogen) atoms. The Morgan fingerprint density at radius 2 is 1.66 bits per heavy atom. The van der Waals surface area contributed by atoms with Crippen molar-refractivity contribution in [2.45, 2.75) is 24.9 Å². The SMILES string of the molecule is COc1ccc(CNS(=O)(=O)c2ccc(NC(=O)Cn3nnc(-c4ccc(C)cc4)n3)cc2)cc1. The number of nitrogens with zero attached hydrogens (tertiary/aromatic N) is 4. The van der Waals surface area contributed by atoms with Crippen molar-refractivity contribution in [2.24, 2.45) is 0 Å². The summed E-state index contributed by atoms with van der Waals surface area (Å²) in [5.74, 6) is 0.751. The molecule has 0 unspecified atom stereocenters. The van der Waals surface area contributed by atoms with Crippen LogP contribution in [0.2, 0.25) is 0 Å². The third-order valence-electron chi connectivity index (χ3n) is 5.12. The molecule has 1 amide bonds. The Hall–Kier alpha value is -4.09. The third kappa shape index (κ3) is 6.28. The van der Waals surface area contributed by atoms with Crippen LogP contribution < -0.4 is 14.8 Å². The highest BCUT2D eigenvalue weighted by molar-refractivity contribution is 7.89. The normalized spacial score (nSPS) is 11.3. The van der Waals surface area contributed by atoms with Gasteiger partial charge in [-0.2, -0.15) is 4.80 Å². The number of ether oxygens (including phenoxy) is 1. The summed E-state index contributed by atoms with van der Waals surface area (Å²) < 4.78 is 32.8. The van der Waals surface area contributed by atoms with E-state index in [1.54, 1.807) is 31.4 Å². The summed E-state index contributed by atoms with van der Waals surface area (Å²) in [5, 5.41) is 14.8. The van der Waals surface area contributed by atoms with E-state index < -0.39 is 10.0 Å². The summed E-state index contributed by atoms with van der Waals surface area (Å²) in [5.41, 5.74) is 3.17. The molecule has 0 fully saturated rings. The van der Waals surface area contributed by atoms with Crippen LogP contribution in [-0.4, -0.2) is 41.6 Å². The zero-order chi connectivity index (χ0) is 24.8. The van der Waals surface area contributed by atoms with Crippen LogP contribution in [0.25, 0.3) is 11.4 Å². The minimum Gasteiger partial charge on any atom is -0.497 e. The summed E-state index contributed by atoms with van der Waals surface area (Å²) in [7, 11) is -2.15. The highest BCUT2D eigenvalue weighted by Crippen LogP contribution is 2.17. The number of aryl methyl sites for hydroxylation is 1. The van der Waals surface area contributed by atoms with Gasteiger partial charge in [-0.1, -0.05) is 42.0 Å². The number of rotatable bonds is 9. The largest absolute Gasteiger partial charge is 0.497 e. The molecule has 2 N–H and O–H groups in total. The van der Waals surface area contributed by atoms with E-state index in [0.717, 1.165) is 16.7 Å². The molecule has 1 heterocycles. The summed E-state index contributed by atoms with van der Waals surface area (Å²) in [6.45, 7) is 1.99. The lowest BCUT2D eigenvalue weighted by atomic mass is 10.1. The highest BCUT2D eigenvalue weighted by Gasteiger charge is 2.15. The smallest absolute Gasteiger partial charge is 0.248 e. The third-order valence-corrected chi connectivity index (χ3v) is 6.54. The molecule has 0 aliphatic heterocycles. The fraction of sp³-hybridized carbons (Fsp3) is 0.167. The van der Waals surface area contributed by atoms with Gasteiger partial charge in [-0.05, 0) is 54.1 Å². The molecule has 4 aromatic rings. The van der Waals surface area contributed by atoms with E-state index in [4.69, 9.17) is 4.74 Å². The molecule has 180 valence electrons. The van der Waals surface area contributed by atoms with Gasteiger partial charge in [-0.3, -0.25) is 4.79 Å². The van der Waals surface area contributed by atoms with Gasteiger partial charge in [-0.15, -0.1) is 10.2 Å². The number of methoxy groups -OCH3 is 1. The van der Waals surface area contributed by atoms with Gasteiger partial charge in [0.05, 0.1) is 12.0 Å². The van der Waals surface area contributed by atoms with Gasteiger partial charge in [0.1, 0.15) is 12.3 Å². The molecule has 0 aliphatic carbocycles. The van der Waals surface area contributed by atoms with Crippen molar-refractivity contribution in [3.63, 3.8) is 0 Å². The number of benzene rings is 3. The Morgan fingerprint density at radius 3 is 2.31 bits per heavy atom. The van der Waals surface area contributed by atoms with Gasteiger partial charge >= 0.3 is 0 Å². The fourth-order valence-corrected chi connectivity index (χ4v) is 4.20. The molecule has 0 radical (unpaired) electrons. The van der Waals surface area contributed by atoms with Crippen LogP contribution in [0.3, 0.4) is 0 Å². The molecule has 3 aromatic carbocycles. The van der Waals surface area contributed by atoms with Crippen LogP contribution in [0.1, 0.15) is 11.1 Å². The zero-order valence-electron chi connectivity index (χ0n) is 19.2. The topological polar surface area (TPSA) is 128 Å². The summed E-state index contributed by atoms with van der Waals surface area (Å²) in [4.78, 5) is 13.7. The Bertz CT molecular complexity index is 1400. The second-order valence-corrected chi connectivity index (χ2v) is 9.52. The van der Waals surface area contributed by atoms with E-state index in [-0.39, 0.29) is 23.9 Å². The van der Waals surface area contributed by atoms with E-state index in [0.29, 0.717) is 17.3 Å². The van der Waals surface area contributed by atoms with Crippen LogP contribution in [0, 0.1) is 6.92 Å². The van der Waals surface area contributed by atoms with E-state index in [1.807, 2.05) is 31.2 Å². The lowest BCUT2D eigenvalue weighted by Crippen LogP contribution is -2.23. The molecule has 0 bridgehead atoms. The van der Waals surface area contributed by atoms with Crippen LogP contribution >= 0.6 is 0 Å². The minimum atomic E-state index is -3.72. The van der Waals surface area contributed by atoms with Crippen molar-refractivity contribution in [2.75, 3.05) is 12.4 Å². The average Bonchev–Trinajstić information content (AvgIpc) is 3.32. The van der Waals surface area contributed by atoms with E-state index >= 15 is 0 Å². The van der Waals surface area contributed by atoms with Crippen molar-refractivity contribution in [3.05, 3.63) is 83.9 Å². The number of anilines is 1. The summed E-state index contributed by atoms with van der Waals surface area (Å²) >= 11 is 0. The maximum absolute atomic E-state index is 12.6. The zero-order valence-corrected chi connectivity index (χ0v) is 20.0. The first kappa shape index (κ1) is 24.0. The Balaban J connectivity index is 1.32. The van der Waals surface area contributed by atoms with Crippen LogP contribution in [-0.2, 0) is 27.9 Å². The van der Waals surface area contributed by atoms with E-state index in [1.165, 1.54) is 29.1 Å². The monoisotopic (exact) mass is 492 g/mol. The van der Waals surface area contributed by atoms with Crippen LogP contribution in [0.15, 0.2) is 77.7 Å². The molecule has 4 rings (SSSR count). The van der Waals surface area contributed by atoms with Gasteiger partial charge in [0.15, 0.2) is 0 Å². The maximum atomic E-state index is 12.6. The van der Waals surface area contributed by atoms with Gasteiger partial charge in [-0.25, -0.2) is 13.1 Å². The number of sulfonamides is 1. The first-order valence-corrected chi connectivity index (χ1v) is 12.2. The van der Waals surface area contributed by atoms with Crippen LogP contribution in [0.4, 0.5) is 5.69 Å². The number of amides is 1. The molecular weight excluding hydrogens is 468 g/mol. The molecule has 0 saturated heterocycles. The number of hydrogen-bond donors (Lipinski definition) is 2. The second-order valence-electron chi connectivity index (χ2n) is 7.75. The maximum Gasteiger partial charge on any atom is 0.248 e. The van der Waals surface area contributed by atoms with Gasteiger partial charge in [0.2, 0.25) is 21.8 Å². The second kappa shape index (κ2) is 10.5. The predicted molar refractivity (Wildman–Crippen MR) is 130 cm³/mol. The van der Waals surface area contributed by atoms with Crippen molar-refractivity contribution >= 4 is 21.6 Å². The van der Waals surface area contributed by atoms with Crippen molar-refractivity contribution < 1.29 is 17.9 Å². The quantitative estimate of drug-likeness (QED) is 0.368. The van der Waals surface area contributed by atoms with Crippen molar-refractivity contribution in [3.8, 4) is 17.1 Å². The van der Waals surface area contributed by atoms with Gasteiger partial charge in [0.25, 0.3) is 0 Å². The standard InChI is InChI=1S/C24H24N6O4S/c1-17-3-7-19(8-4-17)24-27-29-30(28-24)16-23(31)26-20-9-13-22(14-10-20)35(32,33)25-15-18-5-11-21(34-2)12-6-18/h3-14,25H,15-16H2,1-2H3,(H,26,31). The van der Waals surface area contributed by atoms with Crippen molar-refractivity contribution in [1.29, 1.82) is 0 Å². The first-order valence-electron chi connectivity index (χ1n) is 10.7. The fourth-order valence-electron chi connectivity index (χ4n) is 3.18. The number of tetrazole rings is 1. The van der Waals surface area contributed by atoms with E-state index in [2.05, 4.69) is 25.4 Å². The van der Waals surface area contributed by atoms with Crippen molar-refractivity contribution in [1.82, 2.24) is 24.9 Å². The molecular formula is C24H24N6O4S.